The summed E-state index contributed by atoms with van der Waals surface area (Å²) in [6.07, 6.45) is 5.46. The maximum atomic E-state index is 6.09. The average molecular weight is 463 g/mol. The van der Waals surface area contributed by atoms with Crippen molar-refractivity contribution in [1.29, 1.82) is 0 Å². The van der Waals surface area contributed by atoms with Crippen LogP contribution < -0.4 is 15.4 Å². The Morgan fingerprint density at radius 1 is 1.33 bits per heavy atom. The van der Waals surface area contributed by atoms with Crippen molar-refractivity contribution in [3.05, 3.63) is 29.8 Å². The zero-order valence-corrected chi connectivity index (χ0v) is 18.2. The highest BCUT2D eigenvalue weighted by Gasteiger charge is 2.33. The van der Waals surface area contributed by atoms with Crippen LogP contribution in [0.25, 0.3) is 0 Å². The van der Waals surface area contributed by atoms with Gasteiger partial charge in [0, 0.05) is 25.6 Å². The number of unbranched alkanes of at least 4 members (excludes halogenated alkanes) is 1. The molecule has 1 heterocycles. The van der Waals surface area contributed by atoms with Crippen LogP contribution in [0.5, 0.6) is 5.75 Å². The minimum atomic E-state index is -0.177. The monoisotopic (exact) mass is 463 g/mol. The van der Waals surface area contributed by atoms with Gasteiger partial charge in [-0.15, -0.1) is 24.0 Å². The number of rotatable bonds is 6. The topological polar surface area (TPSA) is 45.7 Å². The van der Waals surface area contributed by atoms with E-state index in [9.17, 15) is 0 Å². The van der Waals surface area contributed by atoms with Crippen LogP contribution in [-0.2, 0) is 0 Å². The lowest BCUT2D eigenvalue weighted by atomic mass is 9.90. The zero-order chi connectivity index (χ0) is 16.7. The molecule has 0 radical (unpaired) electrons. The maximum Gasteiger partial charge on any atom is 0.191 e. The van der Waals surface area contributed by atoms with E-state index in [0.29, 0.717) is 0 Å². The van der Waals surface area contributed by atoms with Gasteiger partial charge in [-0.1, -0.05) is 18.2 Å². The standard InChI is InChI=1S/C18H29N3OS.HI/c1-18(2)13-15(14-9-5-6-10-16(14)22-18)21-17(19-3)20-11-7-8-12-23-4;/h5-6,9-10,15H,7-8,11-13H2,1-4H3,(H2,19,20,21);1H. The van der Waals surface area contributed by atoms with Gasteiger partial charge in [-0.05, 0) is 44.8 Å². The first-order chi connectivity index (χ1) is 11.1. The minimum absolute atomic E-state index is 0. The van der Waals surface area contributed by atoms with Crippen LogP contribution in [-0.4, -0.2) is 37.2 Å². The van der Waals surface area contributed by atoms with Crippen LogP contribution in [0.4, 0.5) is 0 Å². The van der Waals surface area contributed by atoms with Gasteiger partial charge in [0.2, 0.25) is 0 Å². The van der Waals surface area contributed by atoms with Crippen molar-refractivity contribution in [2.24, 2.45) is 4.99 Å². The Hall–Kier alpha value is -0.630. The van der Waals surface area contributed by atoms with Crippen LogP contribution in [0.15, 0.2) is 29.3 Å². The molecule has 1 atom stereocenters. The number of para-hydroxylation sites is 1. The first kappa shape index (κ1) is 21.4. The molecule has 0 saturated carbocycles. The molecule has 1 unspecified atom stereocenters. The van der Waals surface area contributed by atoms with Crippen LogP contribution in [0.3, 0.4) is 0 Å². The molecule has 0 aliphatic carbocycles. The Bertz CT molecular complexity index is 537. The summed E-state index contributed by atoms with van der Waals surface area (Å²) in [6.45, 7) is 5.22. The normalized spacial score (nSPS) is 18.8. The van der Waals surface area contributed by atoms with Crippen LogP contribution in [0.2, 0.25) is 0 Å². The van der Waals surface area contributed by atoms with E-state index in [2.05, 4.69) is 47.9 Å². The number of aliphatic imine (C=N–C) groups is 1. The summed E-state index contributed by atoms with van der Waals surface area (Å²) < 4.78 is 6.09. The highest BCUT2D eigenvalue weighted by molar-refractivity contribution is 14.0. The Morgan fingerprint density at radius 2 is 2.08 bits per heavy atom. The highest BCUT2D eigenvalue weighted by atomic mass is 127. The van der Waals surface area contributed by atoms with Gasteiger partial charge in [0.1, 0.15) is 11.4 Å². The predicted octanol–water partition coefficient (Wildman–Crippen LogP) is 4.22. The van der Waals surface area contributed by atoms with Crippen molar-refractivity contribution in [2.45, 2.75) is 44.8 Å². The Kier molecular flexibility index (Phi) is 9.26. The molecule has 136 valence electrons. The number of hydrogen-bond acceptors (Lipinski definition) is 3. The smallest absolute Gasteiger partial charge is 0.191 e. The van der Waals surface area contributed by atoms with Crippen molar-refractivity contribution >= 4 is 41.7 Å². The largest absolute Gasteiger partial charge is 0.487 e. The van der Waals surface area contributed by atoms with Crippen molar-refractivity contribution in [1.82, 2.24) is 10.6 Å². The molecule has 0 amide bonds. The molecule has 0 fully saturated rings. The number of benzene rings is 1. The molecule has 2 rings (SSSR count). The van der Waals surface area contributed by atoms with Gasteiger partial charge in [0.05, 0.1) is 6.04 Å². The van der Waals surface area contributed by atoms with E-state index in [0.717, 1.165) is 31.1 Å². The predicted molar refractivity (Wildman–Crippen MR) is 116 cm³/mol. The number of fused-ring (bicyclic) bond motifs is 1. The third-order valence-corrected chi connectivity index (χ3v) is 4.68. The van der Waals surface area contributed by atoms with E-state index in [-0.39, 0.29) is 35.6 Å². The summed E-state index contributed by atoms with van der Waals surface area (Å²) in [7, 11) is 1.83. The summed E-state index contributed by atoms with van der Waals surface area (Å²) in [5, 5.41) is 6.98. The first-order valence-electron chi connectivity index (χ1n) is 8.30. The molecule has 0 spiro atoms. The van der Waals surface area contributed by atoms with Crippen molar-refractivity contribution in [3.63, 3.8) is 0 Å². The lowest BCUT2D eigenvalue weighted by Crippen LogP contribution is -2.45. The van der Waals surface area contributed by atoms with Crippen LogP contribution >= 0.6 is 35.7 Å². The third-order valence-electron chi connectivity index (χ3n) is 3.98. The molecule has 24 heavy (non-hydrogen) atoms. The highest BCUT2D eigenvalue weighted by Crippen LogP contribution is 2.39. The molecule has 0 saturated heterocycles. The second-order valence-electron chi connectivity index (χ2n) is 6.50. The maximum absolute atomic E-state index is 6.09. The molecular formula is C18H30IN3OS. The molecule has 1 aliphatic heterocycles. The van der Waals surface area contributed by atoms with Crippen LogP contribution in [0.1, 0.15) is 44.7 Å². The average Bonchev–Trinajstić information content (AvgIpc) is 2.52. The minimum Gasteiger partial charge on any atom is -0.487 e. The zero-order valence-electron chi connectivity index (χ0n) is 15.1. The number of nitrogens with zero attached hydrogens (tertiary/aromatic N) is 1. The summed E-state index contributed by atoms with van der Waals surface area (Å²) in [5.74, 6) is 3.05. The SMILES string of the molecule is CN=C(NCCCCSC)NC1CC(C)(C)Oc2ccccc21.I. The van der Waals surface area contributed by atoms with E-state index in [1.54, 1.807) is 0 Å². The number of hydrogen-bond donors (Lipinski definition) is 2. The van der Waals surface area contributed by atoms with Gasteiger partial charge in [0.15, 0.2) is 5.96 Å². The fourth-order valence-corrected chi connectivity index (χ4v) is 3.36. The van der Waals surface area contributed by atoms with E-state index in [4.69, 9.17) is 4.74 Å². The van der Waals surface area contributed by atoms with E-state index < -0.39 is 0 Å². The molecular weight excluding hydrogens is 433 g/mol. The number of thioether (sulfide) groups is 1. The quantitative estimate of drug-likeness (QED) is 0.287. The first-order valence-corrected chi connectivity index (χ1v) is 9.69. The van der Waals surface area contributed by atoms with Gasteiger partial charge in [-0.2, -0.15) is 11.8 Å². The second-order valence-corrected chi connectivity index (χ2v) is 7.49. The lowest BCUT2D eigenvalue weighted by molar-refractivity contribution is 0.0694. The summed E-state index contributed by atoms with van der Waals surface area (Å²) in [4.78, 5) is 4.37. The number of nitrogens with one attached hydrogen (secondary N) is 2. The lowest BCUT2D eigenvalue weighted by Gasteiger charge is -2.38. The number of ether oxygens (including phenoxy) is 1. The van der Waals surface area contributed by atoms with Gasteiger partial charge in [-0.3, -0.25) is 4.99 Å². The third kappa shape index (κ3) is 6.35. The molecule has 4 nitrogen and oxygen atoms in total. The molecule has 1 aliphatic rings. The van der Waals surface area contributed by atoms with Crippen molar-refractivity contribution < 1.29 is 4.74 Å². The van der Waals surface area contributed by atoms with Gasteiger partial charge in [0.25, 0.3) is 0 Å². The molecule has 1 aromatic rings. The molecule has 0 bridgehead atoms. The number of halogens is 1. The molecule has 0 aromatic heterocycles. The van der Waals surface area contributed by atoms with E-state index in [1.807, 2.05) is 30.9 Å². The van der Waals surface area contributed by atoms with Crippen molar-refractivity contribution in [3.8, 4) is 5.75 Å². The van der Waals surface area contributed by atoms with Gasteiger partial charge >= 0.3 is 0 Å². The number of guanidine groups is 1. The Labute approximate surface area is 167 Å². The fraction of sp³-hybridized carbons (Fsp3) is 0.611. The molecule has 6 heteroatoms. The molecule has 1 aromatic carbocycles. The Balaban J connectivity index is 0.00000288. The van der Waals surface area contributed by atoms with Crippen molar-refractivity contribution in [2.75, 3.05) is 25.6 Å². The van der Waals surface area contributed by atoms with Gasteiger partial charge < -0.3 is 15.4 Å². The summed E-state index contributed by atoms with van der Waals surface area (Å²) >= 11 is 1.90. The summed E-state index contributed by atoms with van der Waals surface area (Å²) in [5.41, 5.74) is 1.03. The van der Waals surface area contributed by atoms with E-state index in [1.165, 1.54) is 17.7 Å². The molecule has 2 N–H and O–H groups in total. The van der Waals surface area contributed by atoms with E-state index >= 15 is 0 Å². The van der Waals surface area contributed by atoms with Gasteiger partial charge in [-0.25, -0.2) is 0 Å². The van der Waals surface area contributed by atoms with Crippen LogP contribution in [0, 0.1) is 0 Å². The fourth-order valence-electron chi connectivity index (χ4n) is 2.87. The summed E-state index contributed by atoms with van der Waals surface area (Å²) in [6, 6.07) is 8.48. The Morgan fingerprint density at radius 3 is 2.79 bits per heavy atom. The second kappa shape index (κ2) is 10.4.